The maximum absolute atomic E-state index is 14.6. The largest absolute Gasteiger partial charge is 0.352 e. The number of halogens is 1. The van der Waals surface area contributed by atoms with Crippen LogP contribution in [0.1, 0.15) is 56.6 Å². The summed E-state index contributed by atoms with van der Waals surface area (Å²) in [5, 5.41) is 2.95. The number of amides is 2. The summed E-state index contributed by atoms with van der Waals surface area (Å²) in [6.07, 6.45) is 5.45. The van der Waals surface area contributed by atoms with Gasteiger partial charge in [-0.05, 0) is 62.3 Å². The summed E-state index contributed by atoms with van der Waals surface area (Å²) < 4.78 is 25.8. The second-order valence-corrected chi connectivity index (χ2v) is 10.9. The van der Waals surface area contributed by atoms with Crippen LogP contribution in [0.4, 0.5) is 10.1 Å². The van der Waals surface area contributed by atoms with E-state index in [0.717, 1.165) is 56.3 Å². The first-order valence-corrected chi connectivity index (χ1v) is 13.2. The van der Waals surface area contributed by atoms with Gasteiger partial charge in [0.2, 0.25) is 11.8 Å². The molecular formula is C27H38FN3O4. The van der Waals surface area contributed by atoms with Crippen molar-refractivity contribution in [2.45, 2.75) is 71.2 Å². The van der Waals surface area contributed by atoms with Gasteiger partial charge in [0, 0.05) is 56.2 Å². The number of hydrogen-bond donors (Lipinski definition) is 1. The Morgan fingerprint density at radius 1 is 1.14 bits per heavy atom. The standard InChI is InChI=1S/C27H38FN3O4/c1-17-14-30(8-9-31(17)26(33)19-5-3-4-6-19)15-20-11-22(28)13-24(18(20)2)29-25(32)12-21-16-35-27-23(21)7-10-34-27/h11,13,17,19,21,23,27H,3-10,12,14-16H2,1-2H3,(H,29,32)/t17-,21?,23?,27?/m0/s1. The maximum Gasteiger partial charge on any atom is 0.226 e. The van der Waals surface area contributed by atoms with Gasteiger partial charge in [0.05, 0.1) is 13.2 Å². The van der Waals surface area contributed by atoms with Crippen LogP contribution >= 0.6 is 0 Å². The van der Waals surface area contributed by atoms with Crippen molar-refractivity contribution in [1.82, 2.24) is 9.80 Å². The topological polar surface area (TPSA) is 71.1 Å². The van der Waals surface area contributed by atoms with Gasteiger partial charge in [0.1, 0.15) is 5.82 Å². The van der Waals surface area contributed by atoms with E-state index in [-0.39, 0.29) is 41.8 Å². The van der Waals surface area contributed by atoms with Crippen LogP contribution in [0.15, 0.2) is 12.1 Å². The molecule has 1 N–H and O–H groups in total. The first-order valence-electron chi connectivity index (χ1n) is 13.2. The number of nitrogens with one attached hydrogen (secondary N) is 1. The Hall–Kier alpha value is -2.03. The number of anilines is 1. The lowest BCUT2D eigenvalue weighted by Gasteiger charge is -2.41. The Morgan fingerprint density at radius 2 is 1.94 bits per heavy atom. The molecule has 4 atom stereocenters. The number of ether oxygens (including phenoxy) is 2. The van der Waals surface area contributed by atoms with Crippen molar-refractivity contribution in [1.29, 1.82) is 0 Å². The van der Waals surface area contributed by atoms with E-state index < -0.39 is 0 Å². The Balaban J connectivity index is 1.19. The van der Waals surface area contributed by atoms with Crippen LogP contribution in [0.2, 0.25) is 0 Å². The fourth-order valence-electron chi connectivity index (χ4n) is 6.38. The number of piperazine rings is 1. The fraction of sp³-hybridized carbons (Fsp3) is 0.704. The Labute approximate surface area is 207 Å². The average Bonchev–Trinajstić information content (AvgIpc) is 3.57. The van der Waals surface area contributed by atoms with Gasteiger partial charge < -0.3 is 19.7 Å². The molecule has 8 heteroatoms. The number of fused-ring (bicyclic) bond motifs is 1. The van der Waals surface area contributed by atoms with Crippen molar-refractivity contribution in [2.75, 3.05) is 38.2 Å². The van der Waals surface area contributed by atoms with Gasteiger partial charge in [-0.1, -0.05) is 12.8 Å². The van der Waals surface area contributed by atoms with Crippen molar-refractivity contribution in [3.05, 3.63) is 29.1 Å². The number of nitrogens with zero attached hydrogens (tertiary/aromatic N) is 2. The molecule has 1 aromatic rings. The van der Waals surface area contributed by atoms with Crippen molar-refractivity contribution in [3.63, 3.8) is 0 Å². The highest BCUT2D eigenvalue weighted by atomic mass is 19.1. The van der Waals surface area contributed by atoms with Crippen molar-refractivity contribution >= 4 is 17.5 Å². The van der Waals surface area contributed by atoms with Gasteiger partial charge in [0.25, 0.3) is 0 Å². The van der Waals surface area contributed by atoms with Crippen LogP contribution < -0.4 is 5.32 Å². The van der Waals surface area contributed by atoms with Gasteiger partial charge >= 0.3 is 0 Å². The molecule has 5 rings (SSSR count). The van der Waals surface area contributed by atoms with Gasteiger partial charge in [0.15, 0.2) is 6.29 Å². The van der Waals surface area contributed by atoms with Crippen LogP contribution in [0, 0.1) is 30.5 Å². The molecule has 35 heavy (non-hydrogen) atoms. The van der Waals surface area contributed by atoms with Gasteiger partial charge in [-0.15, -0.1) is 0 Å². The third-order valence-electron chi connectivity index (χ3n) is 8.46. The molecule has 0 bridgehead atoms. The van der Waals surface area contributed by atoms with Crippen LogP contribution in [-0.4, -0.2) is 66.8 Å². The Morgan fingerprint density at radius 3 is 2.71 bits per heavy atom. The fourth-order valence-corrected chi connectivity index (χ4v) is 6.38. The summed E-state index contributed by atoms with van der Waals surface area (Å²) in [6, 6.07) is 3.11. The van der Waals surface area contributed by atoms with Crippen molar-refractivity contribution < 1.29 is 23.5 Å². The first kappa shape index (κ1) is 24.7. The lowest BCUT2D eigenvalue weighted by molar-refractivity contribution is -0.140. The molecule has 2 amide bonds. The molecule has 3 unspecified atom stereocenters. The second kappa shape index (κ2) is 10.5. The molecule has 192 valence electrons. The SMILES string of the molecule is Cc1c(CN2CCN(C(=O)C3CCCC3)[C@@H](C)C2)cc(F)cc1NC(=O)CC1COC2OCCC12. The highest BCUT2D eigenvalue weighted by Gasteiger charge is 2.42. The number of hydrogen-bond acceptors (Lipinski definition) is 5. The Kier molecular flexibility index (Phi) is 7.42. The van der Waals surface area contributed by atoms with Crippen LogP contribution in [0.3, 0.4) is 0 Å². The number of carbonyl (C=O) groups excluding carboxylic acids is 2. The molecule has 1 aliphatic carbocycles. The summed E-state index contributed by atoms with van der Waals surface area (Å²) in [7, 11) is 0. The van der Waals surface area contributed by atoms with E-state index >= 15 is 0 Å². The third kappa shape index (κ3) is 5.39. The zero-order chi connectivity index (χ0) is 24.5. The third-order valence-corrected chi connectivity index (χ3v) is 8.46. The van der Waals surface area contributed by atoms with E-state index in [4.69, 9.17) is 9.47 Å². The minimum atomic E-state index is -0.350. The van der Waals surface area contributed by atoms with Crippen LogP contribution in [0.25, 0.3) is 0 Å². The Bertz CT molecular complexity index is 951. The normalized spacial score (nSPS) is 29.5. The van der Waals surface area contributed by atoms with Gasteiger partial charge in [-0.3, -0.25) is 14.5 Å². The molecule has 0 aromatic heterocycles. The first-order chi connectivity index (χ1) is 16.9. The van der Waals surface area contributed by atoms with Crippen LogP contribution in [-0.2, 0) is 25.6 Å². The predicted octanol–water partition coefficient (Wildman–Crippen LogP) is 3.69. The quantitative estimate of drug-likeness (QED) is 0.663. The smallest absolute Gasteiger partial charge is 0.226 e. The molecule has 3 aliphatic heterocycles. The molecule has 3 heterocycles. The minimum Gasteiger partial charge on any atom is -0.352 e. The number of rotatable bonds is 6. The summed E-state index contributed by atoms with van der Waals surface area (Å²) in [5.74, 6) is 0.454. The van der Waals surface area contributed by atoms with E-state index in [1.165, 1.54) is 6.07 Å². The summed E-state index contributed by atoms with van der Waals surface area (Å²) in [6.45, 7) is 8.10. The molecule has 7 nitrogen and oxygen atoms in total. The lowest BCUT2D eigenvalue weighted by Crippen LogP contribution is -2.54. The highest BCUT2D eigenvalue weighted by molar-refractivity contribution is 5.91. The molecule has 4 fully saturated rings. The zero-order valence-corrected chi connectivity index (χ0v) is 20.9. The molecule has 0 radical (unpaired) electrons. The van der Waals surface area contributed by atoms with E-state index in [1.807, 2.05) is 11.8 Å². The predicted molar refractivity (Wildman–Crippen MR) is 130 cm³/mol. The van der Waals surface area contributed by atoms with Gasteiger partial charge in [-0.25, -0.2) is 4.39 Å². The highest BCUT2D eigenvalue weighted by Crippen LogP contribution is 2.37. The molecule has 1 aromatic carbocycles. The van der Waals surface area contributed by atoms with E-state index in [2.05, 4.69) is 17.1 Å². The lowest BCUT2D eigenvalue weighted by atomic mass is 9.90. The molecule has 0 spiro atoms. The average molecular weight is 488 g/mol. The van der Waals surface area contributed by atoms with Crippen LogP contribution in [0.5, 0.6) is 0 Å². The monoisotopic (exact) mass is 487 g/mol. The van der Waals surface area contributed by atoms with Crippen molar-refractivity contribution in [2.24, 2.45) is 17.8 Å². The van der Waals surface area contributed by atoms with Crippen molar-refractivity contribution in [3.8, 4) is 0 Å². The molecule has 4 aliphatic rings. The second-order valence-electron chi connectivity index (χ2n) is 10.9. The summed E-state index contributed by atoms with van der Waals surface area (Å²) >= 11 is 0. The number of benzene rings is 1. The molecule has 3 saturated heterocycles. The molecular weight excluding hydrogens is 449 g/mol. The zero-order valence-electron chi connectivity index (χ0n) is 20.9. The minimum absolute atomic E-state index is 0.113. The maximum atomic E-state index is 14.6. The van der Waals surface area contributed by atoms with Gasteiger partial charge in [-0.2, -0.15) is 0 Å². The van der Waals surface area contributed by atoms with E-state index in [9.17, 15) is 14.0 Å². The van der Waals surface area contributed by atoms with E-state index in [1.54, 1.807) is 6.07 Å². The summed E-state index contributed by atoms with van der Waals surface area (Å²) in [4.78, 5) is 30.0. The molecule has 1 saturated carbocycles. The summed E-state index contributed by atoms with van der Waals surface area (Å²) in [5.41, 5.74) is 2.30. The number of carbonyl (C=O) groups is 2. The van der Waals surface area contributed by atoms with E-state index in [0.29, 0.717) is 44.3 Å².